The summed E-state index contributed by atoms with van der Waals surface area (Å²) in [4.78, 5) is 19.2. The van der Waals surface area contributed by atoms with Gasteiger partial charge in [-0.2, -0.15) is 0 Å². The van der Waals surface area contributed by atoms with Crippen LogP contribution < -0.4 is 10.3 Å². The summed E-state index contributed by atoms with van der Waals surface area (Å²) in [6.07, 6.45) is 3.66. The molecule has 1 aliphatic carbocycles. The molecule has 0 bridgehead atoms. The molecule has 1 N–H and O–H groups in total. The zero-order chi connectivity index (χ0) is 18.3. The van der Waals surface area contributed by atoms with Crippen molar-refractivity contribution in [2.45, 2.75) is 31.9 Å². The summed E-state index contributed by atoms with van der Waals surface area (Å²) in [7, 11) is 0. The van der Waals surface area contributed by atoms with Crippen molar-refractivity contribution in [2.24, 2.45) is 0 Å². The van der Waals surface area contributed by atoms with Gasteiger partial charge in [0.05, 0.1) is 23.3 Å². The van der Waals surface area contributed by atoms with Crippen molar-refractivity contribution in [3.05, 3.63) is 55.4 Å². The van der Waals surface area contributed by atoms with E-state index in [2.05, 4.69) is 4.98 Å². The number of aliphatic hydroxyl groups excluding tert-OH is 1. The Bertz CT molecular complexity index is 1030. The maximum Gasteiger partial charge on any atom is 0.262 e. The number of aliphatic hydroxyl groups is 1. The van der Waals surface area contributed by atoms with E-state index in [-0.39, 0.29) is 18.7 Å². The molecular weight excluding hydrogens is 395 g/mol. The van der Waals surface area contributed by atoms with Crippen LogP contribution in [0.15, 0.2) is 29.3 Å². The lowest BCUT2D eigenvalue weighted by Crippen LogP contribution is -2.30. The zero-order valence-corrected chi connectivity index (χ0v) is 16.1. The second-order valence-electron chi connectivity index (χ2n) is 6.28. The highest BCUT2D eigenvalue weighted by Gasteiger charge is 2.21. The quantitative estimate of drug-likeness (QED) is 0.696. The van der Waals surface area contributed by atoms with Crippen LogP contribution in [0.5, 0.6) is 5.75 Å². The fraction of sp³-hybridized carbons (Fsp3) is 0.333. The Morgan fingerprint density at radius 3 is 3.00 bits per heavy atom. The Labute approximate surface area is 163 Å². The molecule has 3 aromatic rings. The summed E-state index contributed by atoms with van der Waals surface area (Å²) < 4.78 is 6.99. The molecular formula is C18H16Cl2N2O3S. The van der Waals surface area contributed by atoms with Gasteiger partial charge < -0.3 is 9.84 Å². The average Bonchev–Trinajstić information content (AvgIpc) is 3.17. The number of thiophene rings is 1. The fourth-order valence-electron chi connectivity index (χ4n) is 3.21. The average molecular weight is 411 g/mol. The predicted molar refractivity (Wildman–Crippen MR) is 104 cm³/mol. The van der Waals surface area contributed by atoms with Crippen LogP contribution in [0.2, 0.25) is 10.0 Å². The van der Waals surface area contributed by atoms with Crippen LogP contribution >= 0.6 is 34.5 Å². The van der Waals surface area contributed by atoms with Gasteiger partial charge in [-0.1, -0.05) is 23.2 Å². The molecule has 136 valence electrons. The topological polar surface area (TPSA) is 64.4 Å². The Morgan fingerprint density at radius 1 is 1.35 bits per heavy atom. The third-order valence-electron chi connectivity index (χ3n) is 4.42. The molecule has 26 heavy (non-hydrogen) atoms. The molecule has 8 heteroatoms. The second-order valence-corrected chi connectivity index (χ2v) is 8.21. The molecule has 0 radical (unpaired) electrons. The third kappa shape index (κ3) is 3.34. The number of rotatable bonds is 5. The van der Waals surface area contributed by atoms with Gasteiger partial charge in [-0.05, 0) is 43.0 Å². The van der Waals surface area contributed by atoms with Crippen molar-refractivity contribution in [3.63, 3.8) is 0 Å². The minimum Gasteiger partial charge on any atom is -0.489 e. The molecule has 0 saturated carbocycles. The molecule has 4 rings (SSSR count). The first kappa shape index (κ1) is 17.8. The number of ether oxygens (including phenoxy) is 1. The van der Waals surface area contributed by atoms with E-state index in [1.807, 2.05) is 0 Å². The second kappa shape index (κ2) is 7.19. The van der Waals surface area contributed by atoms with Gasteiger partial charge in [0.15, 0.2) is 0 Å². The number of aryl methyl sites for hydroxylation is 2. The van der Waals surface area contributed by atoms with E-state index >= 15 is 0 Å². The molecule has 0 spiro atoms. The summed E-state index contributed by atoms with van der Waals surface area (Å²) in [6, 6.07) is 4.88. The van der Waals surface area contributed by atoms with Crippen LogP contribution in [-0.2, 0) is 19.4 Å². The maximum atomic E-state index is 12.8. The van der Waals surface area contributed by atoms with Crippen molar-refractivity contribution in [1.29, 1.82) is 0 Å². The van der Waals surface area contributed by atoms with Crippen LogP contribution in [0.25, 0.3) is 10.2 Å². The highest BCUT2D eigenvalue weighted by Crippen LogP contribution is 2.34. The minimum atomic E-state index is -0.870. The number of benzene rings is 1. The molecule has 0 amide bonds. The predicted octanol–water partition coefficient (Wildman–Crippen LogP) is 3.69. The van der Waals surface area contributed by atoms with Gasteiger partial charge in [0.1, 0.15) is 23.3 Å². The largest absolute Gasteiger partial charge is 0.489 e. The number of aromatic nitrogens is 2. The SMILES string of the molecule is O=c1c2c3c(sc2ncn1CC(O)COc1ccc(Cl)cc1Cl)CCC3. The van der Waals surface area contributed by atoms with Crippen LogP contribution in [0.1, 0.15) is 16.9 Å². The van der Waals surface area contributed by atoms with E-state index in [1.54, 1.807) is 29.5 Å². The zero-order valence-electron chi connectivity index (χ0n) is 13.7. The Morgan fingerprint density at radius 2 is 2.19 bits per heavy atom. The van der Waals surface area contributed by atoms with Gasteiger partial charge in [-0.15, -0.1) is 11.3 Å². The first-order valence-electron chi connectivity index (χ1n) is 8.28. The smallest absolute Gasteiger partial charge is 0.262 e. The molecule has 0 aliphatic heterocycles. The molecule has 1 aromatic carbocycles. The van der Waals surface area contributed by atoms with Crippen LogP contribution in [0.4, 0.5) is 0 Å². The number of hydrogen-bond acceptors (Lipinski definition) is 5. The van der Waals surface area contributed by atoms with Gasteiger partial charge in [-0.3, -0.25) is 9.36 Å². The van der Waals surface area contributed by atoms with E-state index in [1.165, 1.54) is 15.8 Å². The van der Waals surface area contributed by atoms with E-state index in [4.69, 9.17) is 27.9 Å². The van der Waals surface area contributed by atoms with Crippen molar-refractivity contribution < 1.29 is 9.84 Å². The first-order valence-corrected chi connectivity index (χ1v) is 9.86. The standard InChI is InChI=1S/C18H16Cl2N2O3S/c19-10-4-5-14(13(20)6-10)25-8-11(23)7-22-9-21-17-16(18(22)24)12-2-1-3-15(12)26-17/h4-6,9,11,23H,1-3,7-8H2. The molecule has 1 atom stereocenters. The van der Waals surface area contributed by atoms with E-state index in [0.29, 0.717) is 21.2 Å². The normalized spacial score (nSPS) is 14.6. The molecule has 5 nitrogen and oxygen atoms in total. The molecule has 0 saturated heterocycles. The summed E-state index contributed by atoms with van der Waals surface area (Å²) in [5.41, 5.74) is 1.04. The molecule has 2 heterocycles. The van der Waals surface area contributed by atoms with E-state index in [9.17, 15) is 9.90 Å². The summed E-state index contributed by atoms with van der Waals surface area (Å²) in [5.74, 6) is 0.437. The van der Waals surface area contributed by atoms with Crippen molar-refractivity contribution in [2.75, 3.05) is 6.61 Å². The van der Waals surface area contributed by atoms with Crippen molar-refractivity contribution in [3.8, 4) is 5.75 Å². The van der Waals surface area contributed by atoms with Gasteiger partial charge >= 0.3 is 0 Å². The lowest BCUT2D eigenvalue weighted by Gasteiger charge is -2.14. The summed E-state index contributed by atoms with van der Waals surface area (Å²) in [5, 5.41) is 11.9. The number of fused-ring (bicyclic) bond motifs is 3. The monoisotopic (exact) mass is 410 g/mol. The van der Waals surface area contributed by atoms with Crippen molar-refractivity contribution >= 4 is 44.8 Å². The lowest BCUT2D eigenvalue weighted by atomic mass is 10.2. The Kier molecular flexibility index (Phi) is 4.92. The third-order valence-corrected chi connectivity index (χ3v) is 6.15. The molecule has 1 unspecified atom stereocenters. The Hall–Kier alpha value is -1.60. The molecule has 2 aromatic heterocycles. The molecule has 1 aliphatic rings. The van der Waals surface area contributed by atoms with Gasteiger partial charge in [0.2, 0.25) is 0 Å². The van der Waals surface area contributed by atoms with Gasteiger partial charge in [-0.25, -0.2) is 4.98 Å². The highest BCUT2D eigenvalue weighted by molar-refractivity contribution is 7.18. The lowest BCUT2D eigenvalue weighted by molar-refractivity contribution is 0.0915. The Balaban J connectivity index is 1.50. The van der Waals surface area contributed by atoms with Crippen LogP contribution in [-0.4, -0.2) is 27.4 Å². The highest BCUT2D eigenvalue weighted by atomic mass is 35.5. The summed E-state index contributed by atoms with van der Waals surface area (Å²) >= 11 is 13.5. The van der Waals surface area contributed by atoms with Gasteiger partial charge in [0.25, 0.3) is 5.56 Å². The summed E-state index contributed by atoms with van der Waals surface area (Å²) in [6.45, 7) is 0.116. The van der Waals surface area contributed by atoms with Crippen LogP contribution in [0.3, 0.4) is 0 Å². The molecule has 0 fully saturated rings. The number of halogens is 2. The number of hydrogen-bond donors (Lipinski definition) is 1. The van der Waals surface area contributed by atoms with Crippen LogP contribution in [0, 0.1) is 0 Å². The maximum absolute atomic E-state index is 12.8. The van der Waals surface area contributed by atoms with Gasteiger partial charge in [0, 0.05) is 9.90 Å². The van der Waals surface area contributed by atoms with E-state index < -0.39 is 6.10 Å². The minimum absolute atomic E-state index is 0.00751. The van der Waals surface area contributed by atoms with E-state index in [0.717, 1.165) is 29.7 Å². The fourth-order valence-corrected chi connectivity index (χ4v) is 4.89. The van der Waals surface area contributed by atoms with Crippen molar-refractivity contribution in [1.82, 2.24) is 9.55 Å². The number of nitrogens with zero attached hydrogens (tertiary/aromatic N) is 2. The first-order chi connectivity index (χ1) is 12.5.